The van der Waals surface area contributed by atoms with Crippen molar-refractivity contribution in [1.82, 2.24) is 25.0 Å². The molecule has 1 aliphatic rings. The Labute approximate surface area is 187 Å². The van der Waals surface area contributed by atoms with Crippen molar-refractivity contribution in [2.45, 2.75) is 26.9 Å². The monoisotopic (exact) mass is 434 g/mol. The highest BCUT2D eigenvalue weighted by molar-refractivity contribution is 6.04. The summed E-state index contributed by atoms with van der Waals surface area (Å²) in [6, 6.07) is 11.1. The number of pyridine rings is 1. The number of nitrogens with zero attached hydrogens (tertiary/aromatic N) is 5. The van der Waals surface area contributed by atoms with Crippen molar-refractivity contribution in [3.05, 3.63) is 64.2 Å². The van der Waals surface area contributed by atoms with E-state index in [0.29, 0.717) is 23.9 Å². The molecule has 0 saturated carbocycles. The molecule has 0 bridgehead atoms. The number of hydrogen-bond acceptors (Lipinski definition) is 6. The van der Waals surface area contributed by atoms with Crippen molar-refractivity contribution < 1.29 is 4.79 Å². The minimum absolute atomic E-state index is 0.172. The van der Waals surface area contributed by atoms with Gasteiger partial charge in [-0.25, -0.2) is 9.67 Å². The Hall–Kier alpha value is -3.26. The zero-order chi connectivity index (χ0) is 22.7. The molecule has 1 N–H and O–H groups in total. The van der Waals surface area contributed by atoms with Crippen LogP contribution in [0.25, 0.3) is 10.8 Å². The van der Waals surface area contributed by atoms with Gasteiger partial charge in [-0.1, -0.05) is 38.1 Å². The van der Waals surface area contributed by atoms with Crippen molar-refractivity contribution in [3.63, 3.8) is 0 Å². The average Bonchev–Trinajstić information content (AvgIpc) is 2.80. The van der Waals surface area contributed by atoms with Crippen LogP contribution in [0.15, 0.2) is 47.4 Å². The van der Waals surface area contributed by atoms with Crippen LogP contribution in [0, 0.1) is 5.92 Å². The van der Waals surface area contributed by atoms with Crippen LogP contribution in [0.4, 0.5) is 5.82 Å². The fraction of sp³-hybridized carbons (Fsp3) is 0.417. The van der Waals surface area contributed by atoms with Crippen LogP contribution < -0.4 is 15.8 Å². The molecular weight excluding hydrogens is 404 g/mol. The third-order valence-electron chi connectivity index (χ3n) is 5.71. The lowest BCUT2D eigenvalue weighted by molar-refractivity contribution is 0.0945. The number of amides is 1. The van der Waals surface area contributed by atoms with Gasteiger partial charge in [0.25, 0.3) is 11.5 Å². The van der Waals surface area contributed by atoms with Crippen molar-refractivity contribution in [1.29, 1.82) is 0 Å². The predicted octanol–water partition coefficient (Wildman–Crippen LogP) is 2.13. The fourth-order valence-electron chi connectivity index (χ4n) is 3.88. The van der Waals surface area contributed by atoms with E-state index in [-0.39, 0.29) is 23.1 Å². The summed E-state index contributed by atoms with van der Waals surface area (Å²) in [6.07, 6.45) is 1.80. The molecule has 8 heteroatoms. The van der Waals surface area contributed by atoms with Gasteiger partial charge in [-0.15, -0.1) is 0 Å². The summed E-state index contributed by atoms with van der Waals surface area (Å²) in [4.78, 5) is 34.9. The van der Waals surface area contributed by atoms with E-state index >= 15 is 0 Å². The standard InChI is InChI=1S/C24H30N6O2/c1-17(2)16-30-24(32)20-7-5-4-6-19(20)22(27-30)23(31)26-15-18-8-9-21(25-14-18)29-12-10-28(3)11-13-29/h4-9,14,17H,10-13,15-16H2,1-3H3,(H,26,31). The van der Waals surface area contributed by atoms with Crippen LogP contribution in [0.3, 0.4) is 0 Å². The molecule has 168 valence electrons. The number of likely N-dealkylation sites (N-methyl/N-ethyl adjacent to an activating group) is 1. The van der Waals surface area contributed by atoms with Gasteiger partial charge in [0.2, 0.25) is 0 Å². The summed E-state index contributed by atoms with van der Waals surface area (Å²) in [5, 5.41) is 8.41. The fourth-order valence-corrected chi connectivity index (χ4v) is 3.88. The van der Waals surface area contributed by atoms with E-state index in [2.05, 4.69) is 32.2 Å². The average molecular weight is 435 g/mol. The number of hydrogen-bond donors (Lipinski definition) is 1. The van der Waals surface area contributed by atoms with Gasteiger partial charge >= 0.3 is 0 Å². The van der Waals surface area contributed by atoms with Gasteiger partial charge in [-0.3, -0.25) is 9.59 Å². The number of aromatic nitrogens is 3. The lowest BCUT2D eigenvalue weighted by Gasteiger charge is -2.33. The largest absolute Gasteiger partial charge is 0.354 e. The normalized spacial score (nSPS) is 14.8. The predicted molar refractivity (Wildman–Crippen MR) is 126 cm³/mol. The molecule has 0 radical (unpaired) electrons. The summed E-state index contributed by atoms with van der Waals surface area (Å²) in [6.45, 7) is 8.81. The molecule has 0 unspecified atom stereocenters. The molecule has 3 aromatic rings. The summed E-state index contributed by atoms with van der Waals surface area (Å²) >= 11 is 0. The molecular formula is C24H30N6O2. The molecule has 0 spiro atoms. The maximum absolute atomic E-state index is 13.0. The van der Waals surface area contributed by atoms with Crippen LogP contribution >= 0.6 is 0 Å². The molecule has 0 atom stereocenters. The van der Waals surface area contributed by atoms with Gasteiger partial charge in [0.1, 0.15) is 5.82 Å². The third-order valence-corrected chi connectivity index (χ3v) is 5.71. The summed E-state index contributed by atoms with van der Waals surface area (Å²) in [7, 11) is 2.13. The first kappa shape index (κ1) is 22.0. The minimum Gasteiger partial charge on any atom is -0.354 e. The van der Waals surface area contributed by atoms with E-state index in [1.165, 1.54) is 4.68 Å². The van der Waals surface area contributed by atoms with Crippen LogP contribution in [0.5, 0.6) is 0 Å². The van der Waals surface area contributed by atoms with Gasteiger partial charge < -0.3 is 15.1 Å². The van der Waals surface area contributed by atoms with Gasteiger partial charge in [0, 0.05) is 50.9 Å². The minimum atomic E-state index is -0.304. The SMILES string of the molecule is CC(C)Cn1nc(C(=O)NCc2ccc(N3CCN(C)CC3)nc2)c2ccccc2c1=O. The first-order chi connectivity index (χ1) is 15.4. The number of carbonyl (C=O) groups is 1. The zero-order valence-corrected chi connectivity index (χ0v) is 18.9. The first-order valence-electron chi connectivity index (χ1n) is 11.1. The van der Waals surface area contributed by atoms with E-state index in [1.807, 2.05) is 32.0 Å². The lowest BCUT2D eigenvalue weighted by Crippen LogP contribution is -2.44. The third kappa shape index (κ3) is 4.80. The van der Waals surface area contributed by atoms with E-state index in [1.54, 1.807) is 24.4 Å². The van der Waals surface area contributed by atoms with E-state index in [4.69, 9.17) is 0 Å². The number of carbonyl (C=O) groups excluding carboxylic acids is 1. The second kappa shape index (κ2) is 9.48. The van der Waals surface area contributed by atoms with E-state index in [9.17, 15) is 9.59 Å². The second-order valence-electron chi connectivity index (χ2n) is 8.77. The Morgan fingerprint density at radius 1 is 1.06 bits per heavy atom. The van der Waals surface area contributed by atoms with E-state index < -0.39 is 0 Å². The Bertz CT molecular complexity index is 1150. The van der Waals surface area contributed by atoms with Crippen molar-refractivity contribution in [3.8, 4) is 0 Å². The van der Waals surface area contributed by atoms with Crippen LogP contribution in [-0.4, -0.2) is 58.8 Å². The molecule has 3 heterocycles. The quantitative estimate of drug-likeness (QED) is 0.640. The first-order valence-corrected chi connectivity index (χ1v) is 11.1. The Balaban J connectivity index is 1.49. The summed E-state index contributed by atoms with van der Waals surface area (Å²) < 4.78 is 1.40. The highest BCUT2D eigenvalue weighted by atomic mass is 16.2. The molecule has 1 amide bonds. The molecule has 2 aromatic heterocycles. The molecule has 0 aliphatic carbocycles. The Morgan fingerprint density at radius 3 is 2.44 bits per heavy atom. The number of nitrogens with one attached hydrogen (secondary N) is 1. The second-order valence-corrected chi connectivity index (χ2v) is 8.77. The molecule has 4 rings (SSSR count). The summed E-state index contributed by atoms with van der Waals surface area (Å²) in [5.41, 5.74) is 1.01. The van der Waals surface area contributed by atoms with Crippen LogP contribution in [0.2, 0.25) is 0 Å². The smallest absolute Gasteiger partial charge is 0.274 e. The van der Waals surface area contributed by atoms with Crippen molar-refractivity contribution in [2.75, 3.05) is 38.1 Å². The number of fused-ring (bicyclic) bond motifs is 1. The molecule has 1 fully saturated rings. The Morgan fingerprint density at radius 2 is 1.78 bits per heavy atom. The van der Waals surface area contributed by atoms with Crippen LogP contribution in [0.1, 0.15) is 29.9 Å². The highest BCUT2D eigenvalue weighted by Gasteiger charge is 2.18. The number of piperazine rings is 1. The van der Waals surface area contributed by atoms with Gasteiger partial charge in [-0.05, 0) is 30.7 Å². The van der Waals surface area contributed by atoms with Gasteiger partial charge in [0.05, 0.1) is 5.39 Å². The lowest BCUT2D eigenvalue weighted by atomic mass is 10.1. The van der Waals surface area contributed by atoms with Crippen molar-refractivity contribution >= 4 is 22.5 Å². The molecule has 1 aliphatic heterocycles. The molecule has 8 nitrogen and oxygen atoms in total. The topological polar surface area (TPSA) is 83.4 Å². The van der Waals surface area contributed by atoms with Crippen LogP contribution in [-0.2, 0) is 13.1 Å². The maximum atomic E-state index is 13.0. The zero-order valence-electron chi connectivity index (χ0n) is 18.9. The van der Waals surface area contributed by atoms with Gasteiger partial charge in [0.15, 0.2) is 5.69 Å². The molecule has 1 saturated heterocycles. The Kier molecular flexibility index (Phi) is 6.50. The van der Waals surface area contributed by atoms with Crippen molar-refractivity contribution in [2.24, 2.45) is 5.92 Å². The van der Waals surface area contributed by atoms with E-state index in [0.717, 1.165) is 37.6 Å². The summed E-state index contributed by atoms with van der Waals surface area (Å²) in [5.74, 6) is 0.894. The van der Waals surface area contributed by atoms with Gasteiger partial charge in [-0.2, -0.15) is 5.10 Å². The molecule has 1 aromatic carbocycles. The number of anilines is 1. The molecule has 32 heavy (non-hydrogen) atoms. The highest BCUT2D eigenvalue weighted by Crippen LogP contribution is 2.15. The maximum Gasteiger partial charge on any atom is 0.274 e. The number of rotatable bonds is 6. The number of benzene rings is 1.